The van der Waals surface area contributed by atoms with Crippen molar-refractivity contribution in [2.75, 3.05) is 7.11 Å². The summed E-state index contributed by atoms with van der Waals surface area (Å²) in [6.07, 6.45) is 2.26. The molecular formula is C20H21N3O5S. The largest absolute Gasteiger partial charge is 0.496 e. The number of nitro benzene ring substituents is 1. The van der Waals surface area contributed by atoms with E-state index in [0.717, 1.165) is 24.8 Å². The van der Waals surface area contributed by atoms with Gasteiger partial charge in [0, 0.05) is 4.88 Å². The molecule has 2 heterocycles. The monoisotopic (exact) mass is 415 g/mol. The second-order valence-corrected chi connectivity index (χ2v) is 8.42. The highest BCUT2D eigenvalue weighted by molar-refractivity contribution is 7.18. The standard InChI is InChI=1S/C20H21N3O5S/c1-10-4-6-13-16(8-10)29-20-17(13)19(24)21-18(22-20)11(2)28-15-7-5-12(27-3)9-14(15)23(25)26/h5,7,9-11H,4,6,8H2,1-3H3,(H,21,22,24)/t10-,11+/m1/s1. The van der Waals surface area contributed by atoms with E-state index in [0.29, 0.717) is 27.7 Å². The van der Waals surface area contributed by atoms with Gasteiger partial charge in [-0.15, -0.1) is 11.3 Å². The lowest BCUT2D eigenvalue weighted by atomic mass is 9.89. The lowest BCUT2D eigenvalue weighted by Crippen LogP contribution is -2.17. The number of rotatable bonds is 5. The molecule has 0 fully saturated rings. The smallest absolute Gasteiger partial charge is 0.314 e. The number of nitrogens with one attached hydrogen (secondary N) is 1. The minimum Gasteiger partial charge on any atom is -0.496 e. The van der Waals surface area contributed by atoms with Gasteiger partial charge in [-0.1, -0.05) is 6.92 Å². The van der Waals surface area contributed by atoms with Gasteiger partial charge in [0.25, 0.3) is 5.56 Å². The third kappa shape index (κ3) is 3.57. The average Bonchev–Trinajstić information content (AvgIpc) is 3.05. The molecule has 0 unspecified atom stereocenters. The number of aryl methyl sites for hydroxylation is 1. The molecule has 152 valence electrons. The summed E-state index contributed by atoms with van der Waals surface area (Å²) in [5.74, 6) is 1.40. The number of hydrogen-bond donors (Lipinski definition) is 1. The number of fused-ring (bicyclic) bond motifs is 3. The van der Waals surface area contributed by atoms with Crippen molar-refractivity contribution < 1.29 is 14.4 Å². The highest BCUT2D eigenvalue weighted by Gasteiger charge is 2.25. The molecule has 8 nitrogen and oxygen atoms in total. The fraction of sp³-hybridized carbons (Fsp3) is 0.400. The van der Waals surface area contributed by atoms with E-state index in [4.69, 9.17) is 9.47 Å². The molecule has 0 radical (unpaired) electrons. The van der Waals surface area contributed by atoms with Crippen LogP contribution in [0.3, 0.4) is 0 Å². The number of H-pyrrole nitrogens is 1. The molecule has 9 heteroatoms. The Morgan fingerprint density at radius 1 is 1.41 bits per heavy atom. The van der Waals surface area contributed by atoms with E-state index in [2.05, 4.69) is 16.9 Å². The summed E-state index contributed by atoms with van der Waals surface area (Å²) in [5.41, 5.74) is 0.722. The van der Waals surface area contributed by atoms with Gasteiger partial charge >= 0.3 is 5.69 Å². The first-order valence-corrected chi connectivity index (χ1v) is 10.2. The summed E-state index contributed by atoms with van der Waals surface area (Å²) in [4.78, 5) is 33.0. The number of aromatic amines is 1. The molecule has 1 N–H and O–H groups in total. The number of aromatic nitrogens is 2. The third-order valence-electron chi connectivity index (χ3n) is 5.24. The Bertz CT molecular complexity index is 1150. The molecule has 4 rings (SSSR count). The van der Waals surface area contributed by atoms with Crippen molar-refractivity contribution in [2.45, 2.75) is 39.2 Å². The molecular weight excluding hydrogens is 394 g/mol. The van der Waals surface area contributed by atoms with Crippen LogP contribution in [0.2, 0.25) is 0 Å². The van der Waals surface area contributed by atoms with Crippen LogP contribution in [0.1, 0.15) is 42.6 Å². The minimum absolute atomic E-state index is 0.0883. The van der Waals surface area contributed by atoms with Gasteiger partial charge in [-0.05, 0) is 49.8 Å². The first-order valence-electron chi connectivity index (χ1n) is 9.41. The maximum Gasteiger partial charge on any atom is 0.314 e. The number of thiophene rings is 1. The number of ether oxygens (including phenoxy) is 2. The average molecular weight is 415 g/mol. The lowest BCUT2D eigenvalue weighted by Gasteiger charge is -2.17. The van der Waals surface area contributed by atoms with Crippen molar-refractivity contribution >= 4 is 27.2 Å². The number of hydrogen-bond acceptors (Lipinski definition) is 7. The molecule has 0 saturated carbocycles. The third-order valence-corrected chi connectivity index (χ3v) is 6.38. The first kappa shape index (κ1) is 19.4. The van der Waals surface area contributed by atoms with Crippen LogP contribution >= 0.6 is 11.3 Å². The van der Waals surface area contributed by atoms with E-state index >= 15 is 0 Å². The number of methoxy groups -OCH3 is 1. The van der Waals surface area contributed by atoms with Crippen LogP contribution in [-0.4, -0.2) is 22.0 Å². The molecule has 1 aliphatic rings. The molecule has 0 aliphatic heterocycles. The van der Waals surface area contributed by atoms with E-state index in [-0.39, 0.29) is 17.0 Å². The molecule has 2 atom stereocenters. The summed E-state index contributed by atoms with van der Waals surface area (Å²) in [6.45, 7) is 3.92. The van der Waals surface area contributed by atoms with Gasteiger partial charge in [0.15, 0.2) is 17.7 Å². The van der Waals surface area contributed by atoms with Crippen molar-refractivity contribution in [3.05, 3.63) is 54.9 Å². The summed E-state index contributed by atoms with van der Waals surface area (Å²) < 4.78 is 10.8. The van der Waals surface area contributed by atoms with Crippen LogP contribution in [-0.2, 0) is 12.8 Å². The Hall–Kier alpha value is -2.94. The molecule has 0 amide bonds. The highest BCUT2D eigenvalue weighted by Crippen LogP contribution is 2.37. The number of nitro groups is 1. The van der Waals surface area contributed by atoms with Crippen LogP contribution in [0, 0.1) is 16.0 Å². The van der Waals surface area contributed by atoms with E-state index in [1.807, 2.05) is 0 Å². The SMILES string of the molecule is COc1ccc(O[C@@H](C)c2nc3sc4c(c3c(=O)[nH]2)CC[C@@H](C)C4)c([N+](=O)[O-])c1. The summed E-state index contributed by atoms with van der Waals surface area (Å²) in [7, 11) is 1.44. The molecule has 0 bridgehead atoms. The van der Waals surface area contributed by atoms with Gasteiger partial charge in [0.05, 0.1) is 23.5 Å². The zero-order valence-electron chi connectivity index (χ0n) is 16.4. The summed E-state index contributed by atoms with van der Waals surface area (Å²) in [5, 5.41) is 12.0. The summed E-state index contributed by atoms with van der Waals surface area (Å²) in [6, 6.07) is 4.37. The van der Waals surface area contributed by atoms with Crippen LogP contribution < -0.4 is 15.0 Å². The van der Waals surface area contributed by atoms with Gasteiger partial charge in [-0.2, -0.15) is 0 Å². The predicted molar refractivity (Wildman–Crippen MR) is 110 cm³/mol. The molecule has 2 aromatic heterocycles. The Labute approximate surface area is 170 Å². The van der Waals surface area contributed by atoms with E-state index in [9.17, 15) is 14.9 Å². The van der Waals surface area contributed by atoms with Gasteiger partial charge in [-0.25, -0.2) is 4.98 Å². The minimum atomic E-state index is -0.669. The molecule has 0 saturated heterocycles. The molecule has 3 aromatic rings. The van der Waals surface area contributed by atoms with Crippen LogP contribution in [0.5, 0.6) is 11.5 Å². The van der Waals surface area contributed by atoms with Crippen LogP contribution in [0.15, 0.2) is 23.0 Å². The molecule has 1 aromatic carbocycles. The predicted octanol–water partition coefficient (Wildman–Crippen LogP) is 4.17. The fourth-order valence-electron chi connectivity index (χ4n) is 3.67. The van der Waals surface area contributed by atoms with Gasteiger partial charge in [0.2, 0.25) is 0 Å². The van der Waals surface area contributed by atoms with E-state index in [1.54, 1.807) is 24.3 Å². The zero-order valence-corrected chi connectivity index (χ0v) is 17.2. The highest BCUT2D eigenvalue weighted by atomic mass is 32.1. The maximum atomic E-state index is 12.8. The number of nitrogens with zero attached hydrogens (tertiary/aromatic N) is 2. The van der Waals surface area contributed by atoms with Gasteiger partial charge < -0.3 is 14.5 Å². The molecule has 1 aliphatic carbocycles. The Morgan fingerprint density at radius 2 is 2.21 bits per heavy atom. The van der Waals surface area contributed by atoms with E-state index < -0.39 is 11.0 Å². The zero-order chi connectivity index (χ0) is 20.7. The quantitative estimate of drug-likeness (QED) is 0.495. The Kier molecular flexibility index (Phi) is 4.99. The summed E-state index contributed by atoms with van der Waals surface area (Å²) >= 11 is 1.56. The van der Waals surface area contributed by atoms with Crippen molar-refractivity contribution in [1.82, 2.24) is 9.97 Å². The second kappa shape index (κ2) is 7.47. The van der Waals surface area contributed by atoms with Crippen LogP contribution in [0.25, 0.3) is 10.2 Å². The first-order chi connectivity index (χ1) is 13.9. The van der Waals surface area contributed by atoms with E-state index in [1.165, 1.54) is 24.1 Å². The Balaban J connectivity index is 1.69. The fourth-order valence-corrected chi connectivity index (χ4v) is 5.06. The topological polar surface area (TPSA) is 107 Å². The van der Waals surface area contributed by atoms with Crippen molar-refractivity contribution in [3.63, 3.8) is 0 Å². The maximum absolute atomic E-state index is 12.8. The van der Waals surface area contributed by atoms with Crippen molar-refractivity contribution in [2.24, 2.45) is 5.92 Å². The van der Waals surface area contributed by atoms with Gasteiger partial charge in [0.1, 0.15) is 10.6 Å². The number of benzene rings is 1. The van der Waals surface area contributed by atoms with Crippen LogP contribution in [0.4, 0.5) is 5.69 Å². The molecule has 29 heavy (non-hydrogen) atoms. The second-order valence-electron chi connectivity index (χ2n) is 7.33. The Morgan fingerprint density at radius 3 is 2.93 bits per heavy atom. The van der Waals surface area contributed by atoms with Crippen molar-refractivity contribution in [1.29, 1.82) is 0 Å². The lowest BCUT2D eigenvalue weighted by molar-refractivity contribution is -0.386. The van der Waals surface area contributed by atoms with Gasteiger partial charge in [-0.3, -0.25) is 14.9 Å². The normalized spacial score (nSPS) is 17.0. The molecule has 0 spiro atoms. The van der Waals surface area contributed by atoms with Crippen molar-refractivity contribution in [3.8, 4) is 11.5 Å².